The van der Waals surface area contributed by atoms with Crippen molar-refractivity contribution in [2.24, 2.45) is 7.05 Å². The maximum Gasteiger partial charge on any atom is 0.255 e. The second kappa shape index (κ2) is 10.2. The molecule has 1 aromatic carbocycles. The summed E-state index contributed by atoms with van der Waals surface area (Å²) in [4.78, 5) is 25.7. The lowest BCUT2D eigenvalue weighted by Crippen LogP contribution is -2.47. The van der Waals surface area contributed by atoms with E-state index in [2.05, 4.69) is 51.4 Å². The van der Waals surface area contributed by atoms with Crippen LogP contribution in [0.1, 0.15) is 43.7 Å². The van der Waals surface area contributed by atoms with E-state index in [1.165, 1.54) is 60.2 Å². The summed E-state index contributed by atoms with van der Waals surface area (Å²) >= 11 is 0. The maximum atomic E-state index is 14.3. The lowest BCUT2D eigenvalue weighted by molar-refractivity contribution is 0.427. The maximum absolute atomic E-state index is 14.3. The molecule has 1 atom stereocenters. The molecule has 2 aliphatic rings. The fourth-order valence-corrected chi connectivity index (χ4v) is 5.31. The predicted molar refractivity (Wildman–Crippen MR) is 137 cm³/mol. The smallest absolute Gasteiger partial charge is 0.255 e. The highest BCUT2D eigenvalue weighted by molar-refractivity contribution is 5.60. The quantitative estimate of drug-likeness (QED) is 0.603. The molecule has 7 nitrogen and oxygen atoms in total. The van der Waals surface area contributed by atoms with Crippen molar-refractivity contribution in [1.82, 2.24) is 19.9 Å². The SMILES string of the molecule is CN(c1ccc([C@H]2CN(c3nc(-c4ccncc4F)cc(=O)n3C)CCN2)cc1)C1CCCCC1. The number of nitrogens with one attached hydrogen (secondary N) is 1. The molecule has 184 valence electrons. The highest BCUT2D eigenvalue weighted by atomic mass is 19.1. The minimum atomic E-state index is -0.490. The summed E-state index contributed by atoms with van der Waals surface area (Å²) in [5.41, 5.74) is 2.85. The van der Waals surface area contributed by atoms with Gasteiger partial charge in [-0.05, 0) is 36.6 Å². The number of halogens is 1. The number of hydrogen-bond acceptors (Lipinski definition) is 6. The van der Waals surface area contributed by atoms with E-state index in [9.17, 15) is 9.18 Å². The van der Waals surface area contributed by atoms with Crippen LogP contribution in [0, 0.1) is 5.82 Å². The van der Waals surface area contributed by atoms with Crippen LogP contribution in [0.4, 0.5) is 16.0 Å². The van der Waals surface area contributed by atoms with Crippen LogP contribution in [0.25, 0.3) is 11.3 Å². The van der Waals surface area contributed by atoms with Gasteiger partial charge in [0, 0.05) is 69.3 Å². The molecule has 1 N–H and O–H groups in total. The average Bonchev–Trinajstić information content (AvgIpc) is 2.91. The Morgan fingerprint density at radius 3 is 2.63 bits per heavy atom. The first kappa shape index (κ1) is 23.5. The van der Waals surface area contributed by atoms with Crippen LogP contribution in [0.2, 0.25) is 0 Å². The van der Waals surface area contributed by atoms with Gasteiger partial charge in [-0.15, -0.1) is 0 Å². The van der Waals surface area contributed by atoms with E-state index >= 15 is 0 Å². The summed E-state index contributed by atoms with van der Waals surface area (Å²) < 4.78 is 15.9. The zero-order valence-corrected chi connectivity index (χ0v) is 20.5. The number of benzene rings is 1. The van der Waals surface area contributed by atoms with E-state index in [0.717, 1.165) is 12.7 Å². The number of nitrogens with zero attached hydrogens (tertiary/aromatic N) is 5. The zero-order chi connectivity index (χ0) is 24.4. The third-order valence-corrected chi connectivity index (χ3v) is 7.44. The predicted octanol–water partition coefficient (Wildman–Crippen LogP) is 3.90. The largest absolute Gasteiger partial charge is 0.372 e. The van der Waals surface area contributed by atoms with Crippen molar-refractivity contribution in [3.63, 3.8) is 0 Å². The summed E-state index contributed by atoms with van der Waals surface area (Å²) in [7, 11) is 3.92. The summed E-state index contributed by atoms with van der Waals surface area (Å²) in [5.74, 6) is 0.0551. The number of hydrogen-bond donors (Lipinski definition) is 1. The normalized spacial score (nSPS) is 19.1. The molecule has 0 amide bonds. The molecule has 0 unspecified atom stereocenters. The van der Waals surface area contributed by atoms with E-state index in [1.807, 2.05) is 0 Å². The first-order valence-electron chi connectivity index (χ1n) is 12.5. The van der Waals surface area contributed by atoms with Gasteiger partial charge >= 0.3 is 0 Å². The lowest BCUT2D eigenvalue weighted by Gasteiger charge is -2.36. The minimum absolute atomic E-state index is 0.107. The highest BCUT2D eigenvalue weighted by Gasteiger charge is 2.25. The van der Waals surface area contributed by atoms with Gasteiger partial charge in [-0.1, -0.05) is 31.4 Å². The van der Waals surface area contributed by atoms with E-state index in [0.29, 0.717) is 30.8 Å². The van der Waals surface area contributed by atoms with E-state index in [1.54, 1.807) is 13.1 Å². The van der Waals surface area contributed by atoms with Crippen LogP contribution >= 0.6 is 0 Å². The molecule has 1 aliphatic heterocycles. The van der Waals surface area contributed by atoms with Gasteiger partial charge in [0.25, 0.3) is 5.56 Å². The van der Waals surface area contributed by atoms with E-state index in [-0.39, 0.29) is 17.2 Å². The van der Waals surface area contributed by atoms with Crippen molar-refractivity contribution >= 4 is 11.6 Å². The molecule has 3 aromatic rings. The van der Waals surface area contributed by atoms with Crippen LogP contribution in [0.15, 0.2) is 53.6 Å². The summed E-state index contributed by atoms with van der Waals surface area (Å²) in [6, 6.07) is 12.5. The van der Waals surface area contributed by atoms with Crippen molar-refractivity contribution in [1.29, 1.82) is 0 Å². The van der Waals surface area contributed by atoms with Crippen LogP contribution in [-0.2, 0) is 7.05 Å². The van der Waals surface area contributed by atoms with Gasteiger partial charge < -0.3 is 15.1 Å². The van der Waals surface area contributed by atoms with Gasteiger partial charge in [0.15, 0.2) is 5.82 Å². The third-order valence-electron chi connectivity index (χ3n) is 7.44. The number of piperazine rings is 1. The molecule has 2 aromatic heterocycles. The van der Waals surface area contributed by atoms with Crippen molar-refractivity contribution in [2.75, 3.05) is 36.5 Å². The van der Waals surface area contributed by atoms with Crippen LogP contribution in [-0.4, -0.2) is 47.3 Å². The molecule has 0 bridgehead atoms. The van der Waals surface area contributed by atoms with Crippen molar-refractivity contribution in [3.8, 4) is 11.3 Å². The Hall–Kier alpha value is -3.26. The topological polar surface area (TPSA) is 66.3 Å². The van der Waals surface area contributed by atoms with Crippen molar-refractivity contribution in [2.45, 2.75) is 44.2 Å². The lowest BCUT2D eigenvalue weighted by atomic mass is 9.94. The monoisotopic (exact) mass is 476 g/mol. The minimum Gasteiger partial charge on any atom is -0.372 e. The average molecular weight is 477 g/mol. The molecule has 8 heteroatoms. The fraction of sp³-hybridized carbons (Fsp3) is 0.444. The van der Waals surface area contributed by atoms with Crippen LogP contribution in [0.3, 0.4) is 0 Å². The molecule has 1 saturated heterocycles. The van der Waals surface area contributed by atoms with E-state index < -0.39 is 5.82 Å². The molecule has 3 heterocycles. The Bertz CT molecular complexity index is 1220. The molecular weight excluding hydrogens is 443 g/mol. The second-order valence-electron chi connectivity index (χ2n) is 9.64. The fourth-order valence-electron chi connectivity index (χ4n) is 5.31. The zero-order valence-electron chi connectivity index (χ0n) is 20.5. The first-order valence-corrected chi connectivity index (χ1v) is 12.5. The highest BCUT2D eigenvalue weighted by Crippen LogP contribution is 2.28. The second-order valence-corrected chi connectivity index (χ2v) is 9.64. The van der Waals surface area contributed by atoms with Gasteiger partial charge in [0.05, 0.1) is 11.9 Å². The molecule has 35 heavy (non-hydrogen) atoms. The summed E-state index contributed by atoms with van der Waals surface area (Å²) in [6.45, 7) is 2.14. The summed E-state index contributed by atoms with van der Waals surface area (Å²) in [5, 5.41) is 3.60. The molecule has 1 aliphatic carbocycles. The van der Waals surface area contributed by atoms with Crippen LogP contribution < -0.4 is 20.7 Å². The van der Waals surface area contributed by atoms with Gasteiger partial charge in [-0.2, -0.15) is 0 Å². The third kappa shape index (κ3) is 4.93. The standard InChI is InChI=1S/C27H33FN6O/c1-32(20-6-4-3-5-7-20)21-10-8-19(9-11-21)25-18-34(15-14-30-25)27-31-24(16-26(35)33(27)2)22-12-13-29-17-23(22)28/h8-13,16-17,20,25,30H,3-7,14-15,18H2,1-2H3/t25-/m1/s1. The number of pyridine rings is 1. The van der Waals surface area contributed by atoms with Crippen molar-refractivity contribution in [3.05, 3.63) is 70.5 Å². The molecule has 0 radical (unpaired) electrons. The molecule has 0 spiro atoms. The molecule has 2 fully saturated rings. The number of anilines is 2. The number of rotatable bonds is 5. The first-order chi connectivity index (χ1) is 17.0. The molecule has 1 saturated carbocycles. The molecule has 5 rings (SSSR count). The Labute approximate surface area is 205 Å². The Kier molecular flexibility index (Phi) is 6.81. The van der Waals surface area contributed by atoms with Crippen molar-refractivity contribution < 1.29 is 4.39 Å². The van der Waals surface area contributed by atoms with Gasteiger partial charge in [-0.3, -0.25) is 14.3 Å². The van der Waals surface area contributed by atoms with Gasteiger partial charge in [0.2, 0.25) is 5.95 Å². The van der Waals surface area contributed by atoms with E-state index in [4.69, 9.17) is 4.98 Å². The van der Waals surface area contributed by atoms with Gasteiger partial charge in [-0.25, -0.2) is 9.37 Å². The Morgan fingerprint density at radius 2 is 1.89 bits per heavy atom. The Balaban J connectivity index is 1.36. The van der Waals surface area contributed by atoms with Crippen LogP contribution in [0.5, 0.6) is 0 Å². The Morgan fingerprint density at radius 1 is 1.11 bits per heavy atom. The number of aromatic nitrogens is 3. The van der Waals surface area contributed by atoms with Gasteiger partial charge in [0.1, 0.15) is 0 Å². The molecular formula is C27H33FN6O. The summed E-state index contributed by atoms with van der Waals surface area (Å²) in [6.07, 6.45) is 9.18.